The SMILES string of the molecule is COC(=O)[C@](C)(Cc1c[nH]c2ccccc12)NC(=O)O[C@H]1CCCC[C@@H]1C. The van der Waals surface area contributed by atoms with E-state index in [4.69, 9.17) is 9.47 Å². The fourth-order valence-corrected chi connectivity index (χ4v) is 3.90. The lowest BCUT2D eigenvalue weighted by atomic mass is 9.88. The van der Waals surface area contributed by atoms with Crippen LogP contribution in [0.25, 0.3) is 10.9 Å². The summed E-state index contributed by atoms with van der Waals surface area (Å²) >= 11 is 0. The number of ether oxygens (including phenoxy) is 2. The first-order valence-corrected chi connectivity index (χ1v) is 9.55. The molecule has 3 rings (SSSR count). The number of hydrogen-bond donors (Lipinski definition) is 2. The molecule has 1 aliphatic carbocycles. The third-order valence-electron chi connectivity index (χ3n) is 5.52. The van der Waals surface area contributed by atoms with E-state index in [0.717, 1.165) is 35.7 Å². The molecule has 2 N–H and O–H groups in total. The number of methoxy groups -OCH3 is 1. The van der Waals surface area contributed by atoms with Gasteiger partial charge in [-0.1, -0.05) is 31.5 Å². The van der Waals surface area contributed by atoms with Crippen LogP contribution in [-0.2, 0) is 20.7 Å². The van der Waals surface area contributed by atoms with E-state index in [0.29, 0.717) is 12.3 Å². The molecule has 0 saturated heterocycles. The molecule has 3 atom stereocenters. The molecule has 6 nitrogen and oxygen atoms in total. The number of carbonyl (C=O) groups is 2. The number of amides is 1. The Balaban J connectivity index is 1.76. The summed E-state index contributed by atoms with van der Waals surface area (Å²) in [5, 5.41) is 3.78. The van der Waals surface area contributed by atoms with Crippen molar-refractivity contribution in [1.29, 1.82) is 0 Å². The average Bonchev–Trinajstić information content (AvgIpc) is 3.05. The van der Waals surface area contributed by atoms with E-state index in [1.54, 1.807) is 6.92 Å². The monoisotopic (exact) mass is 372 g/mol. The van der Waals surface area contributed by atoms with Crippen molar-refractivity contribution in [2.45, 2.75) is 57.6 Å². The minimum absolute atomic E-state index is 0.103. The van der Waals surface area contributed by atoms with E-state index in [9.17, 15) is 9.59 Å². The Morgan fingerprint density at radius 2 is 2.00 bits per heavy atom. The second-order valence-corrected chi connectivity index (χ2v) is 7.69. The first kappa shape index (κ1) is 19.3. The van der Waals surface area contributed by atoms with Crippen LogP contribution in [0.2, 0.25) is 0 Å². The van der Waals surface area contributed by atoms with Gasteiger partial charge >= 0.3 is 12.1 Å². The molecule has 1 fully saturated rings. The smallest absolute Gasteiger partial charge is 0.408 e. The Morgan fingerprint density at radius 3 is 2.74 bits per heavy atom. The number of hydrogen-bond acceptors (Lipinski definition) is 4. The molecule has 1 amide bonds. The van der Waals surface area contributed by atoms with Crippen LogP contribution in [0.1, 0.15) is 45.1 Å². The zero-order valence-electron chi connectivity index (χ0n) is 16.2. The molecule has 1 aromatic carbocycles. The van der Waals surface area contributed by atoms with Gasteiger partial charge in [-0.2, -0.15) is 0 Å². The molecule has 0 bridgehead atoms. The Hall–Kier alpha value is -2.50. The maximum absolute atomic E-state index is 12.5. The molecule has 1 saturated carbocycles. The molecule has 1 heterocycles. The topological polar surface area (TPSA) is 80.4 Å². The minimum Gasteiger partial charge on any atom is -0.467 e. The van der Waals surface area contributed by atoms with Crippen LogP contribution in [0.5, 0.6) is 0 Å². The summed E-state index contributed by atoms with van der Waals surface area (Å²) in [5.41, 5.74) is 0.706. The summed E-state index contributed by atoms with van der Waals surface area (Å²) in [6.07, 6.45) is 5.65. The third kappa shape index (κ3) is 4.26. The minimum atomic E-state index is -1.21. The highest BCUT2D eigenvalue weighted by atomic mass is 16.6. The van der Waals surface area contributed by atoms with Gasteiger partial charge in [-0.3, -0.25) is 0 Å². The Kier molecular flexibility index (Phi) is 5.73. The van der Waals surface area contributed by atoms with Gasteiger partial charge in [0.25, 0.3) is 0 Å². The van der Waals surface area contributed by atoms with Gasteiger partial charge in [0.2, 0.25) is 0 Å². The lowest BCUT2D eigenvalue weighted by Crippen LogP contribution is -2.55. The van der Waals surface area contributed by atoms with Crippen molar-refractivity contribution in [2.24, 2.45) is 5.92 Å². The van der Waals surface area contributed by atoms with Crippen molar-refractivity contribution >= 4 is 23.0 Å². The highest BCUT2D eigenvalue weighted by Crippen LogP contribution is 2.27. The quantitative estimate of drug-likeness (QED) is 0.779. The van der Waals surface area contributed by atoms with Gasteiger partial charge in [-0.05, 0) is 43.7 Å². The predicted octanol–water partition coefficient (Wildman–Crippen LogP) is 3.95. The van der Waals surface area contributed by atoms with Crippen molar-refractivity contribution in [3.05, 3.63) is 36.0 Å². The summed E-state index contributed by atoms with van der Waals surface area (Å²) in [6, 6.07) is 7.85. The van der Waals surface area contributed by atoms with Gasteiger partial charge in [0.05, 0.1) is 7.11 Å². The van der Waals surface area contributed by atoms with E-state index in [1.807, 2.05) is 30.5 Å². The predicted molar refractivity (Wildman–Crippen MR) is 103 cm³/mol. The van der Waals surface area contributed by atoms with Crippen LogP contribution < -0.4 is 5.32 Å². The van der Waals surface area contributed by atoms with Crippen LogP contribution >= 0.6 is 0 Å². The van der Waals surface area contributed by atoms with Crippen molar-refractivity contribution in [3.8, 4) is 0 Å². The number of nitrogens with one attached hydrogen (secondary N) is 2. The van der Waals surface area contributed by atoms with Crippen molar-refractivity contribution < 1.29 is 19.1 Å². The van der Waals surface area contributed by atoms with Gasteiger partial charge in [0.1, 0.15) is 11.6 Å². The Labute approximate surface area is 159 Å². The fourth-order valence-electron chi connectivity index (χ4n) is 3.90. The van der Waals surface area contributed by atoms with Gasteiger partial charge in [-0.25, -0.2) is 9.59 Å². The maximum Gasteiger partial charge on any atom is 0.408 e. The number of aromatic amines is 1. The van der Waals surface area contributed by atoms with E-state index < -0.39 is 17.6 Å². The van der Waals surface area contributed by atoms with E-state index in [2.05, 4.69) is 17.2 Å². The number of rotatable bonds is 5. The van der Waals surface area contributed by atoms with Gasteiger partial charge in [0, 0.05) is 23.5 Å². The van der Waals surface area contributed by atoms with Crippen molar-refractivity contribution in [2.75, 3.05) is 7.11 Å². The number of esters is 1. The molecule has 0 radical (unpaired) electrons. The van der Waals surface area contributed by atoms with Crippen LogP contribution in [0, 0.1) is 5.92 Å². The number of fused-ring (bicyclic) bond motifs is 1. The van der Waals surface area contributed by atoms with E-state index >= 15 is 0 Å². The largest absolute Gasteiger partial charge is 0.467 e. The molecule has 0 spiro atoms. The van der Waals surface area contributed by atoms with Gasteiger partial charge in [0.15, 0.2) is 0 Å². The maximum atomic E-state index is 12.5. The molecule has 146 valence electrons. The summed E-state index contributed by atoms with van der Waals surface area (Å²) < 4.78 is 10.6. The number of alkyl carbamates (subject to hydrolysis) is 1. The third-order valence-corrected chi connectivity index (χ3v) is 5.52. The summed E-state index contributed by atoms with van der Waals surface area (Å²) in [4.78, 5) is 28.2. The van der Waals surface area contributed by atoms with Crippen molar-refractivity contribution in [1.82, 2.24) is 10.3 Å². The normalized spacial score (nSPS) is 22.0. The molecule has 0 aliphatic heterocycles. The lowest BCUT2D eigenvalue weighted by molar-refractivity contribution is -0.147. The number of para-hydroxylation sites is 1. The number of benzene rings is 1. The second-order valence-electron chi connectivity index (χ2n) is 7.69. The van der Waals surface area contributed by atoms with E-state index in [-0.39, 0.29) is 6.10 Å². The highest BCUT2D eigenvalue weighted by molar-refractivity contribution is 5.88. The molecule has 1 aromatic heterocycles. The average molecular weight is 372 g/mol. The molecular formula is C21H28N2O4. The zero-order chi connectivity index (χ0) is 19.4. The molecule has 0 unspecified atom stereocenters. The van der Waals surface area contributed by atoms with E-state index in [1.165, 1.54) is 13.5 Å². The molecule has 6 heteroatoms. The first-order chi connectivity index (χ1) is 12.9. The first-order valence-electron chi connectivity index (χ1n) is 9.55. The standard InChI is InChI=1S/C21H28N2O4/c1-14-8-4-7-11-18(14)27-20(25)23-21(2,19(24)26-3)12-15-13-22-17-10-6-5-9-16(15)17/h5-6,9-10,13-14,18,22H,4,7-8,11-12H2,1-3H3,(H,23,25)/t14-,18-,21-/m0/s1. The van der Waals surface area contributed by atoms with Crippen LogP contribution in [0.3, 0.4) is 0 Å². The highest BCUT2D eigenvalue weighted by Gasteiger charge is 2.38. The van der Waals surface area contributed by atoms with Crippen LogP contribution in [0.15, 0.2) is 30.5 Å². The van der Waals surface area contributed by atoms with Crippen molar-refractivity contribution in [3.63, 3.8) is 0 Å². The second kappa shape index (κ2) is 8.03. The molecule has 27 heavy (non-hydrogen) atoms. The summed E-state index contributed by atoms with van der Waals surface area (Å²) in [6.45, 7) is 3.77. The summed E-state index contributed by atoms with van der Waals surface area (Å²) in [7, 11) is 1.33. The van der Waals surface area contributed by atoms with Crippen LogP contribution in [0.4, 0.5) is 4.79 Å². The lowest BCUT2D eigenvalue weighted by Gasteiger charge is -2.31. The fraction of sp³-hybridized carbons (Fsp3) is 0.524. The number of carbonyl (C=O) groups excluding carboxylic acids is 2. The number of aromatic nitrogens is 1. The Bertz CT molecular complexity index is 815. The number of H-pyrrole nitrogens is 1. The molecule has 2 aromatic rings. The Morgan fingerprint density at radius 1 is 1.26 bits per heavy atom. The molecule has 1 aliphatic rings. The van der Waals surface area contributed by atoms with Crippen LogP contribution in [-0.4, -0.2) is 35.8 Å². The van der Waals surface area contributed by atoms with Gasteiger partial charge in [-0.15, -0.1) is 0 Å². The summed E-state index contributed by atoms with van der Waals surface area (Å²) in [5.74, 6) is -0.163. The zero-order valence-corrected chi connectivity index (χ0v) is 16.2. The molecular weight excluding hydrogens is 344 g/mol. The van der Waals surface area contributed by atoms with Gasteiger partial charge < -0.3 is 19.8 Å².